The number of sulfonamides is 1. The number of nitro benzene ring substituents is 1. The normalized spacial score (nSPS) is 13.5. The molecule has 0 unspecified atom stereocenters. The lowest BCUT2D eigenvalue weighted by atomic mass is 10.1. The molecule has 0 radical (unpaired) electrons. The van der Waals surface area contributed by atoms with Crippen molar-refractivity contribution >= 4 is 27.3 Å². The van der Waals surface area contributed by atoms with E-state index in [2.05, 4.69) is 0 Å². The van der Waals surface area contributed by atoms with Gasteiger partial charge in [0.15, 0.2) is 0 Å². The van der Waals surface area contributed by atoms with Gasteiger partial charge in [0.05, 0.1) is 9.82 Å². The number of anilines is 1. The van der Waals surface area contributed by atoms with Gasteiger partial charge in [-0.3, -0.25) is 14.9 Å². The molecule has 0 saturated heterocycles. The summed E-state index contributed by atoms with van der Waals surface area (Å²) >= 11 is 0. The summed E-state index contributed by atoms with van der Waals surface area (Å²) in [5.74, 6) is -0.724. The number of primary amides is 1. The van der Waals surface area contributed by atoms with E-state index in [9.17, 15) is 23.3 Å². The molecule has 0 atom stereocenters. The quantitative estimate of drug-likeness (QED) is 0.504. The molecule has 0 aromatic heterocycles. The molecular weight excluding hydrogens is 408 g/mol. The maximum absolute atomic E-state index is 12.8. The first-order valence-corrected chi connectivity index (χ1v) is 11.1. The number of fused-ring (bicyclic) bond motifs is 1. The smallest absolute Gasteiger partial charge is 0.275 e. The van der Waals surface area contributed by atoms with Crippen molar-refractivity contribution in [2.24, 2.45) is 5.73 Å². The van der Waals surface area contributed by atoms with E-state index < -0.39 is 20.9 Å². The highest BCUT2D eigenvalue weighted by Crippen LogP contribution is 2.33. The Hall–Kier alpha value is -2.98. The lowest BCUT2D eigenvalue weighted by Crippen LogP contribution is -2.30. The van der Waals surface area contributed by atoms with Gasteiger partial charge in [-0.15, -0.1) is 0 Å². The Morgan fingerprint density at radius 1 is 1.20 bits per heavy atom. The summed E-state index contributed by atoms with van der Waals surface area (Å²) in [5.41, 5.74) is 7.34. The van der Waals surface area contributed by atoms with Crippen LogP contribution in [-0.2, 0) is 23.0 Å². The molecule has 0 bridgehead atoms. The molecule has 0 aliphatic carbocycles. The third kappa shape index (κ3) is 4.01. The topological polar surface area (TPSA) is 127 Å². The van der Waals surface area contributed by atoms with E-state index in [4.69, 9.17) is 5.73 Å². The lowest BCUT2D eigenvalue weighted by Gasteiger charge is -2.21. The second-order valence-electron chi connectivity index (χ2n) is 7.02. The van der Waals surface area contributed by atoms with Crippen LogP contribution >= 0.6 is 0 Å². The lowest BCUT2D eigenvalue weighted by molar-refractivity contribution is -0.385. The Balaban J connectivity index is 1.90. The van der Waals surface area contributed by atoms with Gasteiger partial charge in [0, 0.05) is 49.1 Å². The predicted octanol–water partition coefficient (Wildman–Crippen LogP) is 2.29. The summed E-state index contributed by atoms with van der Waals surface area (Å²) in [7, 11) is -3.55. The molecule has 0 spiro atoms. The molecule has 3 rings (SSSR count). The Labute approximate surface area is 175 Å². The van der Waals surface area contributed by atoms with Crippen molar-refractivity contribution in [1.82, 2.24) is 4.31 Å². The highest BCUT2D eigenvalue weighted by Gasteiger charge is 2.27. The minimum Gasteiger partial charge on any atom is -0.366 e. The molecule has 160 valence electrons. The summed E-state index contributed by atoms with van der Waals surface area (Å²) < 4.78 is 27.0. The van der Waals surface area contributed by atoms with E-state index >= 15 is 0 Å². The van der Waals surface area contributed by atoms with Gasteiger partial charge in [-0.1, -0.05) is 13.8 Å². The van der Waals surface area contributed by atoms with Crippen LogP contribution in [0, 0.1) is 10.1 Å². The fraction of sp³-hybridized carbons (Fsp3) is 0.350. The maximum atomic E-state index is 12.8. The van der Waals surface area contributed by atoms with Gasteiger partial charge in [-0.2, -0.15) is 4.31 Å². The number of carbonyl (C=O) groups excluding carboxylic acids is 1. The van der Waals surface area contributed by atoms with Crippen LogP contribution in [0.5, 0.6) is 0 Å². The fourth-order valence-corrected chi connectivity index (χ4v) is 5.22. The number of nitrogens with two attached hydrogens (primary N) is 1. The molecule has 9 nitrogen and oxygen atoms in total. The SMILES string of the molecule is CCN(CC)S(=O)(=O)c1ccc2c(c1)CCN2Cc1ccc(C(N)=O)cc1[N+](=O)[O-]. The number of hydrogen-bond acceptors (Lipinski definition) is 6. The average molecular weight is 433 g/mol. The van der Waals surface area contributed by atoms with Crippen LogP contribution in [-0.4, -0.2) is 43.2 Å². The molecule has 2 aromatic carbocycles. The van der Waals surface area contributed by atoms with E-state index in [1.165, 1.54) is 22.5 Å². The third-order valence-corrected chi connectivity index (χ3v) is 7.36. The average Bonchev–Trinajstić information content (AvgIpc) is 3.10. The van der Waals surface area contributed by atoms with E-state index in [1.54, 1.807) is 32.0 Å². The van der Waals surface area contributed by atoms with Crippen molar-refractivity contribution in [3.8, 4) is 0 Å². The first-order valence-electron chi connectivity index (χ1n) is 9.64. The van der Waals surface area contributed by atoms with E-state index in [0.29, 0.717) is 31.6 Å². The standard InChI is InChI=1S/C20H24N4O5S/c1-3-23(4-2)30(28,29)17-7-8-18-14(11-17)9-10-22(18)13-16-6-5-15(20(21)25)12-19(16)24(26)27/h5-8,11-12H,3-4,9-10,13H2,1-2H3,(H2,21,25). The van der Waals surface area contributed by atoms with Crippen molar-refractivity contribution in [3.63, 3.8) is 0 Å². The molecule has 1 aliphatic rings. The Bertz CT molecular complexity index is 1100. The molecule has 10 heteroatoms. The first kappa shape index (κ1) is 21.7. The van der Waals surface area contributed by atoms with Gasteiger partial charge < -0.3 is 10.6 Å². The second-order valence-corrected chi connectivity index (χ2v) is 8.95. The number of hydrogen-bond donors (Lipinski definition) is 1. The van der Waals surface area contributed by atoms with Gasteiger partial charge in [0.1, 0.15) is 0 Å². The van der Waals surface area contributed by atoms with Crippen LogP contribution in [0.15, 0.2) is 41.3 Å². The summed E-state index contributed by atoms with van der Waals surface area (Å²) in [6.07, 6.45) is 0.643. The number of nitro groups is 1. The van der Waals surface area contributed by atoms with Crippen molar-refractivity contribution in [2.45, 2.75) is 31.7 Å². The minimum atomic E-state index is -3.55. The molecule has 2 aromatic rings. The maximum Gasteiger partial charge on any atom is 0.275 e. The number of rotatable bonds is 8. The van der Waals surface area contributed by atoms with Crippen LogP contribution in [0.25, 0.3) is 0 Å². The highest BCUT2D eigenvalue weighted by molar-refractivity contribution is 7.89. The number of carbonyl (C=O) groups is 1. The molecular formula is C20H24N4O5S. The molecule has 0 fully saturated rings. The van der Waals surface area contributed by atoms with Crippen LogP contribution in [0.2, 0.25) is 0 Å². The van der Waals surface area contributed by atoms with E-state index in [-0.39, 0.29) is 22.7 Å². The van der Waals surface area contributed by atoms with Crippen LogP contribution in [0.3, 0.4) is 0 Å². The number of nitrogens with zero attached hydrogens (tertiary/aromatic N) is 3. The molecule has 1 aliphatic heterocycles. The first-order chi connectivity index (χ1) is 14.2. The van der Waals surface area contributed by atoms with Crippen LogP contribution in [0.4, 0.5) is 11.4 Å². The minimum absolute atomic E-state index is 0.0820. The van der Waals surface area contributed by atoms with Gasteiger partial charge in [0.2, 0.25) is 15.9 Å². The van der Waals surface area contributed by atoms with Gasteiger partial charge in [-0.25, -0.2) is 8.42 Å². The summed E-state index contributed by atoms with van der Waals surface area (Å²) in [6, 6.07) is 9.22. The molecule has 1 heterocycles. The van der Waals surface area contributed by atoms with Gasteiger partial charge >= 0.3 is 0 Å². The summed E-state index contributed by atoms with van der Waals surface area (Å²) in [5, 5.41) is 11.5. The fourth-order valence-electron chi connectivity index (χ4n) is 3.71. The van der Waals surface area contributed by atoms with Crippen molar-refractivity contribution in [2.75, 3.05) is 24.5 Å². The Morgan fingerprint density at radius 3 is 2.50 bits per heavy atom. The number of benzene rings is 2. The zero-order valence-corrected chi connectivity index (χ0v) is 17.7. The zero-order chi connectivity index (χ0) is 22.1. The summed E-state index contributed by atoms with van der Waals surface area (Å²) in [6.45, 7) is 5.27. The molecule has 1 amide bonds. The Kier molecular flexibility index (Phi) is 6.09. The highest BCUT2D eigenvalue weighted by atomic mass is 32.2. The zero-order valence-electron chi connectivity index (χ0n) is 16.9. The molecule has 2 N–H and O–H groups in total. The molecule has 0 saturated carbocycles. The molecule has 30 heavy (non-hydrogen) atoms. The van der Waals surface area contributed by atoms with Crippen molar-refractivity contribution in [1.29, 1.82) is 0 Å². The van der Waals surface area contributed by atoms with E-state index in [0.717, 1.165) is 11.3 Å². The van der Waals surface area contributed by atoms with Crippen LogP contribution < -0.4 is 10.6 Å². The second kappa shape index (κ2) is 8.41. The largest absolute Gasteiger partial charge is 0.366 e. The summed E-state index contributed by atoms with van der Waals surface area (Å²) in [4.78, 5) is 24.5. The third-order valence-electron chi connectivity index (χ3n) is 5.31. The van der Waals surface area contributed by atoms with Crippen molar-refractivity contribution in [3.05, 3.63) is 63.2 Å². The van der Waals surface area contributed by atoms with Gasteiger partial charge in [0.25, 0.3) is 5.69 Å². The predicted molar refractivity (Wildman–Crippen MR) is 113 cm³/mol. The van der Waals surface area contributed by atoms with Crippen molar-refractivity contribution < 1.29 is 18.1 Å². The van der Waals surface area contributed by atoms with Crippen LogP contribution in [0.1, 0.15) is 35.3 Å². The number of amides is 1. The monoisotopic (exact) mass is 432 g/mol. The van der Waals surface area contributed by atoms with E-state index in [1.807, 2.05) is 4.90 Å². The van der Waals surface area contributed by atoms with Gasteiger partial charge in [-0.05, 0) is 42.3 Å². The Morgan fingerprint density at radius 2 is 1.90 bits per heavy atom.